The minimum Gasteiger partial charge on any atom is -0.479 e. The van der Waals surface area contributed by atoms with E-state index in [1.807, 2.05) is 30.3 Å². The van der Waals surface area contributed by atoms with E-state index in [-0.39, 0.29) is 12.0 Å². The number of aromatic nitrogens is 1. The number of nitrogens with zero attached hydrogens (tertiary/aromatic N) is 1. The van der Waals surface area contributed by atoms with E-state index in [0.29, 0.717) is 23.5 Å². The molecular formula is C23H19NO5S. The first kappa shape index (κ1) is 21.1. The highest BCUT2D eigenvalue weighted by atomic mass is 32.1. The summed E-state index contributed by atoms with van der Waals surface area (Å²) in [5.74, 6) is -0.872. The number of aliphatic carboxylic acids is 1. The lowest BCUT2D eigenvalue weighted by atomic mass is 9.99. The SMILES string of the molecule is O=C(OC(CCC=S)C(=O)O)c1ccc(Oc2cccnc2)cc1-c1ccccc1. The lowest BCUT2D eigenvalue weighted by molar-refractivity contribution is -0.147. The van der Waals surface area contributed by atoms with Crippen molar-refractivity contribution < 1.29 is 24.2 Å². The van der Waals surface area contributed by atoms with Crippen LogP contribution in [0.5, 0.6) is 11.5 Å². The van der Waals surface area contributed by atoms with E-state index < -0.39 is 18.0 Å². The highest BCUT2D eigenvalue weighted by Crippen LogP contribution is 2.31. The molecule has 0 radical (unpaired) electrons. The highest BCUT2D eigenvalue weighted by molar-refractivity contribution is 7.78. The second-order valence-electron chi connectivity index (χ2n) is 6.34. The van der Waals surface area contributed by atoms with Crippen LogP contribution in [0.25, 0.3) is 11.1 Å². The number of thiocarbonyl (C=S) groups is 1. The van der Waals surface area contributed by atoms with Crippen molar-refractivity contribution in [3.05, 3.63) is 78.6 Å². The lowest BCUT2D eigenvalue weighted by Gasteiger charge is -2.16. The number of carbonyl (C=O) groups is 2. The Morgan fingerprint density at radius 2 is 1.87 bits per heavy atom. The van der Waals surface area contributed by atoms with Gasteiger partial charge in [0.2, 0.25) is 0 Å². The molecule has 0 saturated heterocycles. The van der Waals surface area contributed by atoms with E-state index in [0.717, 1.165) is 5.56 Å². The van der Waals surface area contributed by atoms with Crippen molar-refractivity contribution in [2.45, 2.75) is 18.9 Å². The van der Waals surface area contributed by atoms with Gasteiger partial charge in [0, 0.05) is 6.20 Å². The maximum Gasteiger partial charge on any atom is 0.345 e. The third-order valence-corrected chi connectivity index (χ3v) is 4.47. The third-order valence-electron chi connectivity index (χ3n) is 4.24. The second-order valence-corrected chi connectivity index (χ2v) is 6.67. The van der Waals surface area contributed by atoms with Crippen molar-refractivity contribution in [1.82, 2.24) is 4.98 Å². The number of carboxylic acid groups (broad SMARTS) is 1. The number of pyridine rings is 1. The molecule has 0 aliphatic rings. The first-order valence-electron chi connectivity index (χ1n) is 9.23. The molecule has 0 amide bonds. The molecule has 1 heterocycles. The number of hydrogen-bond donors (Lipinski definition) is 1. The zero-order valence-corrected chi connectivity index (χ0v) is 16.7. The van der Waals surface area contributed by atoms with Gasteiger partial charge in [0.1, 0.15) is 11.5 Å². The van der Waals surface area contributed by atoms with Crippen molar-refractivity contribution in [3.8, 4) is 22.6 Å². The van der Waals surface area contributed by atoms with Gasteiger partial charge in [-0.05, 0) is 59.7 Å². The Kier molecular flexibility index (Phi) is 7.24. The fraction of sp³-hybridized carbons (Fsp3) is 0.130. The van der Waals surface area contributed by atoms with Crippen LogP contribution in [0.2, 0.25) is 0 Å². The third kappa shape index (κ3) is 5.48. The standard InChI is InChI=1S/C23H19NO5S/c25-22(26)21(9-5-13-30)29-23(27)19-11-10-17(28-18-8-4-12-24-15-18)14-20(19)16-6-2-1-3-7-16/h1-4,6-8,10-15,21H,5,9H2,(H,25,26). The Labute approximate surface area is 179 Å². The van der Waals surface area contributed by atoms with Crippen LogP contribution < -0.4 is 4.74 Å². The van der Waals surface area contributed by atoms with Crippen LogP contribution >= 0.6 is 12.2 Å². The highest BCUT2D eigenvalue weighted by Gasteiger charge is 2.24. The Bertz CT molecular complexity index is 1020. The van der Waals surface area contributed by atoms with Crippen molar-refractivity contribution >= 4 is 29.5 Å². The molecule has 1 atom stereocenters. The van der Waals surface area contributed by atoms with Gasteiger partial charge in [0.25, 0.3) is 0 Å². The van der Waals surface area contributed by atoms with Crippen LogP contribution in [0.1, 0.15) is 23.2 Å². The minimum absolute atomic E-state index is 0.118. The van der Waals surface area contributed by atoms with Gasteiger partial charge < -0.3 is 14.6 Å². The number of esters is 1. The minimum atomic E-state index is -1.27. The number of hydrogen-bond acceptors (Lipinski definition) is 6. The zero-order chi connectivity index (χ0) is 21.3. The number of rotatable bonds is 9. The van der Waals surface area contributed by atoms with Gasteiger partial charge >= 0.3 is 11.9 Å². The Morgan fingerprint density at radius 1 is 1.07 bits per heavy atom. The van der Waals surface area contributed by atoms with Crippen molar-refractivity contribution in [1.29, 1.82) is 0 Å². The number of carbonyl (C=O) groups excluding carboxylic acids is 1. The molecule has 3 aromatic rings. The van der Waals surface area contributed by atoms with E-state index in [1.165, 1.54) is 5.37 Å². The first-order chi connectivity index (χ1) is 14.6. The monoisotopic (exact) mass is 421 g/mol. The number of benzene rings is 2. The summed E-state index contributed by atoms with van der Waals surface area (Å²) in [6.07, 6.45) is 2.42. The molecule has 3 rings (SSSR count). The Hall–Kier alpha value is -3.58. The molecule has 1 N–H and O–H groups in total. The van der Waals surface area contributed by atoms with Gasteiger partial charge in [-0.25, -0.2) is 9.59 Å². The van der Waals surface area contributed by atoms with E-state index in [2.05, 4.69) is 4.98 Å². The predicted molar refractivity (Wildman–Crippen MR) is 116 cm³/mol. The van der Waals surface area contributed by atoms with Crippen LogP contribution in [-0.2, 0) is 9.53 Å². The summed E-state index contributed by atoms with van der Waals surface area (Å²) in [5, 5.41) is 10.8. The fourth-order valence-corrected chi connectivity index (χ4v) is 2.95. The van der Waals surface area contributed by atoms with Crippen molar-refractivity contribution in [2.75, 3.05) is 0 Å². The molecule has 0 bridgehead atoms. The van der Waals surface area contributed by atoms with Gasteiger partial charge in [0.15, 0.2) is 6.10 Å². The molecule has 1 aromatic heterocycles. The summed E-state index contributed by atoms with van der Waals surface area (Å²) in [5.41, 5.74) is 1.58. The summed E-state index contributed by atoms with van der Waals surface area (Å²) in [4.78, 5) is 28.3. The van der Waals surface area contributed by atoms with Crippen LogP contribution in [0, 0.1) is 0 Å². The largest absolute Gasteiger partial charge is 0.479 e. The van der Waals surface area contributed by atoms with E-state index in [1.54, 1.807) is 42.7 Å². The van der Waals surface area contributed by atoms with Crippen LogP contribution in [0.4, 0.5) is 0 Å². The molecular weight excluding hydrogens is 402 g/mol. The van der Waals surface area contributed by atoms with Gasteiger partial charge in [-0.1, -0.05) is 42.5 Å². The topological polar surface area (TPSA) is 85.7 Å². The molecule has 0 fully saturated rings. The van der Waals surface area contributed by atoms with E-state index in [4.69, 9.17) is 21.7 Å². The molecule has 0 aliphatic heterocycles. The lowest BCUT2D eigenvalue weighted by Crippen LogP contribution is -2.27. The predicted octanol–water partition coefficient (Wildman–Crippen LogP) is 4.93. The molecule has 0 aliphatic carbocycles. The average molecular weight is 421 g/mol. The van der Waals surface area contributed by atoms with Crippen molar-refractivity contribution in [3.63, 3.8) is 0 Å². The molecule has 152 valence electrons. The summed E-state index contributed by atoms with van der Waals surface area (Å²) in [6.45, 7) is 0. The summed E-state index contributed by atoms with van der Waals surface area (Å²) >= 11 is 4.74. The fourth-order valence-electron chi connectivity index (χ4n) is 2.81. The summed E-state index contributed by atoms with van der Waals surface area (Å²) in [7, 11) is 0. The number of carboxylic acids is 1. The maximum absolute atomic E-state index is 12.8. The summed E-state index contributed by atoms with van der Waals surface area (Å²) < 4.78 is 11.1. The molecule has 2 aromatic carbocycles. The van der Waals surface area contributed by atoms with Gasteiger partial charge in [-0.2, -0.15) is 0 Å². The zero-order valence-electron chi connectivity index (χ0n) is 15.9. The molecule has 6 nitrogen and oxygen atoms in total. The molecule has 1 unspecified atom stereocenters. The Balaban J connectivity index is 1.93. The first-order valence-corrected chi connectivity index (χ1v) is 9.70. The van der Waals surface area contributed by atoms with E-state index >= 15 is 0 Å². The molecule has 0 saturated carbocycles. The van der Waals surface area contributed by atoms with Gasteiger partial charge in [0.05, 0.1) is 11.8 Å². The molecule has 30 heavy (non-hydrogen) atoms. The maximum atomic E-state index is 12.8. The molecule has 0 spiro atoms. The van der Waals surface area contributed by atoms with Crippen LogP contribution in [0.15, 0.2) is 73.1 Å². The molecule has 7 heteroatoms. The smallest absolute Gasteiger partial charge is 0.345 e. The van der Waals surface area contributed by atoms with Gasteiger partial charge in [-0.15, -0.1) is 0 Å². The number of ether oxygens (including phenoxy) is 2. The normalized spacial score (nSPS) is 11.3. The van der Waals surface area contributed by atoms with Gasteiger partial charge in [-0.3, -0.25) is 4.98 Å². The van der Waals surface area contributed by atoms with E-state index in [9.17, 15) is 14.7 Å². The second kappa shape index (κ2) is 10.3. The average Bonchev–Trinajstić information content (AvgIpc) is 2.77. The quantitative estimate of drug-likeness (QED) is 0.387. The van der Waals surface area contributed by atoms with Crippen LogP contribution in [0.3, 0.4) is 0 Å². The van der Waals surface area contributed by atoms with Crippen LogP contribution in [-0.4, -0.2) is 33.5 Å². The Morgan fingerprint density at radius 3 is 2.53 bits per heavy atom. The van der Waals surface area contributed by atoms with Crippen molar-refractivity contribution in [2.24, 2.45) is 0 Å². The summed E-state index contributed by atoms with van der Waals surface area (Å²) in [6, 6.07) is 17.7.